The lowest BCUT2D eigenvalue weighted by Gasteiger charge is -2.32. The van der Waals surface area contributed by atoms with Gasteiger partial charge >= 0.3 is 0 Å². The van der Waals surface area contributed by atoms with E-state index >= 15 is 0 Å². The molecule has 0 saturated carbocycles. The Morgan fingerprint density at radius 1 is 1.00 bits per heavy atom. The summed E-state index contributed by atoms with van der Waals surface area (Å²) in [6.07, 6.45) is 3.77. The predicted molar refractivity (Wildman–Crippen MR) is 164 cm³/mol. The van der Waals surface area contributed by atoms with Crippen LogP contribution in [0.25, 0.3) is 22.4 Å². The number of nitrogens with one attached hydrogen (secondary N) is 2. The molecule has 1 aromatic carbocycles. The lowest BCUT2D eigenvalue weighted by Crippen LogP contribution is -2.36. The normalized spacial score (nSPS) is 16.8. The summed E-state index contributed by atoms with van der Waals surface area (Å²) in [5, 5.41) is 11.2. The molecule has 4 aromatic heterocycles. The van der Waals surface area contributed by atoms with Gasteiger partial charge in [-0.1, -0.05) is 6.07 Å². The Morgan fingerprint density at radius 3 is 2.55 bits per heavy atom. The van der Waals surface area contributed by atoms with E-state index in [0.717, 1.165) is 42.9 Å². The van der Waals surface area contributed by atoms with Crippen LogP contribution in [0.3, 0.4) is 0 Å². The van der Waals surface area contributed by atoms with Crippen molar-refractivity contribution in [3.8, 4) is 17.0 Å². The Kier molecular flexibility index (Phi) is 7.46. The smallest absolute Gasteiger partial charge is 0.295 e. The first kappa shape index (κ1) is 28.0. The molecule has 1 atom stereocenters. The van der Waals surface area contributed by atoms with Crippen LogP contribution >= 0.6 is 0 Å². The number of methoxy groups -OCH3 is 1. The average Bonchev–Trinajstić information content (AvgIpc) is 3.62. The van der Waals surface area contributed by atoms with E-state index in [9.17, 15) is 8.78 Å². The molecule has 0 bridgehead atoms. The molecule has 7 rings (SSSR count). The maximum atomic E-state index is 14.5. The molecule has 0 aliphatic carbocycles. The summed E-state index contributed by atoms with van der Waals surface area (Å²) in [7, 11) is 3.43. The summed E-state index contributed by atoms with van der Waals surface area (Å²) in [6.45, 7) is 2.53. The largest absolute Gasteiger partial charge is 0.494 e. The maximum Gasteiger partial charge on any atom is 0.295 e. The number of aryl methyl sites for hydroxylation is 1. The highest BCUT2D eigenvalue weighted by Crippen LogP contribution is 2.41. The number of fused-ring (bicyclic) bond motifs is 1. The van der Waals surface area contributed by atoms with Crippen LogP contribution in [0.4, 0.5) is 37.5 Å². The quantitative estimate of drug-likeness (QED) is 0.194. The first-order valence-corrected chi connectivity index (χ1v) is 14.7. The molecule has 228 valence electrons. The SMILES string of the molecule is COc1c(Nc2cc(Nc3ccc(N4CCC4)cn3)nc3c2nc(C(F)F)n3C2CCCCO2)cccc1-c1ccn(C)n1. The second kappa shape index (κ2) is 11.7. The fourth-order valence-corrected chi connectivity index (χ4v) is 5.72. The fraction of sp³-hybridized carbons (Fsp3) is 0.355. The van der Waals surface area contributed by atoms with Crippen molar-refractivity contribution in [1.82, 2.24) is 29.3 Å². The molecular weight excluding hydrogens is 568 g/mol. The Hall–Kier alpha value is -4.78. The maximum absolute atomic E-state index is 14.5. The van der Waals surface area contributed by atoms with E-state index in [1.165, 1.54) is 11.0 Å². The highest BCUT2D eigenvalue weighted by molar-refractivity contribution is 5.92. The number of pyridine rings is 2. The molecule has 2 saturated heterocycles. The average molecular weight is 602 g/mol. The van der Waals surface area contributed by atoms with Crippen LogP contribution in [0.2, 0.25) is 0 Å². The number of halogens is 2. The molecule has 0 amide bonds. The molecular formula is C31H33F2N9O2. The van der Waals surface area contributed by atoms with Crippen molar-refractivity contribution in [3.63, 3.8) is 0 Å². The molecule has 11 nitrogen and oxygen atoms in total. The molecule has 2 fully saturated rings. The molecule has 0 radical (unpaired) electrons. The van der Waals surface area contributed by atoms with Crippen molar-refractivity contribution < 1.29 is 18.3 Å². The van der Waals surface area contributed by atoms with Crippen molar-refractivity contribution in [2.24, 2.45) is 7.05 Å². The predicted octanol–water partition coefficient (Wildman–Crippen LogP) is 6.57. The van der Waals surface area contributed by atoms with E-state index in [1.54, 1.807) is 17.9 Å². The lowest BCUT2D eigenvalue weighted by atomic mass is 10.1. The van der Waals surface area contributed by atoms with E-state index in [4.69, 9.17) is 14.5 Å². The molecule has 2 aliphatic rings. The second-order valence-electron chi connectivity index (χ2n) is 10.9. The summed E-state index contributed by atoms with van der Waals surface area (Å²) >= 11 is 0. The zero-order chi connectivity index (χ0) is 30.2. The van der Waals surface area contributed by atoms with Crippen LogP contribution in [-0.4, -0.2) is 56.1 Å². The molecule has 6 heterocycles. The van der Waals surface area contributed by atoms with E-state index in [2.05, 4.69) is 30.6 Å². The van der Waals surface area contributed by atoms with Gasteiger partial charge in [0.15, 0.2) is 17.2 Å². The fourth-order valence-electron chi connectivity index (χ4n) is 5.72. The minimum absolute atomic E-state index is 0.289. The number of aromatic nitrogens is 6. The van der Waals surface area contributed by atoms with E-state index < -0.39 is 12.7 Å². The van der Waals surface area contributed by atoms with Gasteiger partial charge in [-0.25, -0.2) is 23.7 Å². The molecule has 0 spiro atoms. The third-order valence-corrected chi connectivity index (χ3v) is 8.02. The van der Waals surface area contributed by atoms with Gasteiger partial charge in [0, 0.05) is 44.6 Å². The first-order valence-electron chi connectivity index (χ1n) is 14.7. The van der Waals surface area contributed by atoms with Crippen molar-refractivity contribution in [3.05, 3.63) is 60.7 Å². The number of benzene rings is 1. The first-order chi connectivity index (χ1) is 21.5. The summed E-state index contributed by atoms with van der Waals surface area (Å²) in [6, 6.07) is 13.2. The highest BCUT2D eigenvalue weighted by atomic mass is 19.3. The number of hydrogen-bond acceptors (Lipinski definition) is 9. The lowest BCUT2D eigenvalue weighted by molar-refractivity contribution is -0.0363. The van der Waals surface area contributed by atoms with Crippen LogP contribution in [0.1, 0.15) is 44.2 Å². The van der Waals surface area contributed by atoms with Gasteiger partial charge in [-0.05, 0) is 56.0 Å². The van der Waals surface area contributed by atoms with Crippen LogP contribution in [0.5, 0.6) is 5.75 Å². The van der Waals surface area contributed by atoms with E-state index in [-0.39, 0.29) is 11.5 Å². The number of rotatable bonds is 9. The summed E-state index contributed by atoms with van der Waals surface area (Å²) in [5.74, 6) is 1.17. The van der Waals surface area contributed by atoms with E-state index in [0.29, 0.717) is 47.3 Å². The van der Waals surface area contributed by atoms with Gasteiger partial charge < -0.3 is 25.0 Å². The number of anilines is 5. The second-order valence-corrected chi connectivity index (χ2v) is 10.9. The van der Waals surface area contributed by atoms with Gasteiger partial charge in [0.1, 0.15) is 23.4 Å². The van der Waals surface area contributed by atoms with Gasteiger partial charge in [-0.15, -0.1) is 0 Å². The minimum atomic E-state index is -2.82. The summed E-state index contributed by atoms with van der Waals surface area (Å²) in [5.41, 5.74) is 4.25. The van der Waals surface area contributed by atoms with Crippen molar-refractivity contribution in [2.45, 2.75) is 38.3 Å². The van der Waals surface area contributed by atoms with Gasteiger partial charge in [0.25, 0.3) is 6.43 Å². The number of ether oxygens (including phenoxy) is 2. The molecule has 2 N–H and O–H groups in total. The van der Waals surface area contributed by atoms with Crippen LogP contribution in [0, 0.1) is 0 Å². The van der Waals surface area contributed by atoms with Gasteiger partial charge in [0.2, 0.25) is 0 Å². The summed E-state index contributed by atoms with van der Waals surface area (Å²) in [4.78, 5) is 16.0. The molecule has 1 unspecified atom stereocenters. The van der Waals surface area contributed by atoms with Crippen LogP contribution < -0.4 is 20.3 Å². The third kappa shape index (κ3) is 5.27. The van der Waals surface area contributed by atoms with Crippen molar-refractivity contribution >= 4 is 39.9 Å². The topological polar surface area (TPSA) is 107 Å². The molecule has 44 heavy (non-hydrogen) atoms. The molecule has 5 aromatic rings. The van der Waals surface area contributed by atoms with Gasteiger partial charge in [-0.2, -0.15) is 5.10 Å². The number of alkyl halides is 2. The van der Waals surface area contributed by atoms with Crippen LogP contribution in [0.15, 0.2) is 54.9 Å². The Morgan fingerprint density at radius 2 is 1.89 bits per heavy atom. The number of hydrogen-bond donors (Lipinski definition) is 2. The standard InChI is InChI=1S/C31H33F2N9O2/c1-40-15-12-21(39-40)20-7-5-8-22(28(20)43-2)35-23-17-25(36-24-11-10-19(18-34-24)41-13-6-14-41)37-30-27(23)38-31(29(32)33)42(30)26-9-3-4-16-44-26/h5,7-8,10-12,15,17-18,26,29H,3-4,6,9,13-14,16H2,1-2H3,(H2,34,35,36,37). The number of nitrogens with zero attached hydrogens (tertiary/aromatic N) is 7. The molecule has 2 aliphatic heterocycles. The zero-order valence-corrected chi connectivity index (χ0v) is 24.5. The number of imidazole rings is 1. The van der Waals surface area contributed by atoms with Crippen LogP contribution in [-0.2, 0) is 11.8 Å². The minimum Gasteiger partial charge on any atom is -0.494 e. The van der Waals surface area contributed by atoms with Gasteiger partial charge in [-0.3, -0.25) is 9.25 Å². The highest BCUT2D eigenvalue weighted by Gasteiger charge is 2.29. The van der Waals surface area contributed by atoms with E-state index in [1.807, 2.05) is 55.8 Å². The third-order valence-electron chi connectivity index (χ3n) is 8.02. The Bertz CT molecular complexity index is 1780. The van der Waals surface area contributed by atoms with Crippen molar-refractivity contribution in [1.29, 1.82) is 0 Å². The molecule has 13 heteroatoms. The van der Waals surface area contributed by atoms with Gasteiger partial charge in [0.05, 0.1) is 36.1 Å². The summed E-state index contributed by atoms with van der Waals surface area (Å²) < 4.78 is 43.9. The van der Waals surface area contributed by atoms with Crippen molar-refractivity contribution in [2.75, 3.05) is 42.3 Å². The Labute approximate surface area is 252 Å². The zero-order valence-electron chi connectivity index (χ0n) is 24.5. The Balaban J connectivity index is 1.33. The monoisotopic (exact) mass is 601 g/mol. The number of para-hydroxylation sites is 1.